The van der Waals surface area contributed by atoms with E-state index in [1.54, 1.807) is 0 Å². The summed E-state index contributed by atoms with van der Waals surface area (Å²) in [5.74, 6) is 0. The third-order valence-corrected chi connectivity index (χ3v) is 0. The lowest BCUT2D eigenvalue weighted by atomic mass is 11.0. The maximum Gasteiger partial charge on any atom is -0.0683 e. The molecule has 0 aromatic heterocycles. The summed E-state index contributed by atoms with van der Waals surface area (Å²) in [7, 11) is 0. The number of rotatable bonds is 0. The fraction of sp³-hybridized carbons (Fsp3) is 0.500. The first-order valence-corrected chi connectivity index (χ1v) is 1.50. The van der Waals surface area contributed by atoms with Crippen molar-refractivity contribution in [2.45, 2.75) is 13.8 Å². The van der Waals surface area contributed by atoms with Crippen LogP contribution in [-0.4, -0.2) is 0 Å². The van der Waals surface area contributed by atoms with E-state index in [1.165, 1.54) is 0 Å². The van der Waals surface area contributed by atoms with Gasteiger partial charge in [0.25, 0.3) is 0 Å². The zero-order chi connectivity index (χ0) is 4.00. The molecule has 0 spiro atoms. The molecule has 0 atom stereocenters. The third-order valence-electron chi connectivity index (χ3n) is 0. The highest BCUT2D eigenvalue weighted by Crippen LogP contribution is 1.14. The van der Waals surface area contributed by atoms with Crippen LogP contribution in [0.25, 0.3) is 0 Å². The SMILES string of the molecule is C=C.CC. The maximum atomic E-state index is 3.00. The van der Waals surface area contributed by atoms with Crippen LogP contribution in [-0.2, 0) is 0 Å². The van der Waals surface area contributed by atoms with Gasteiger partial charge in [-0.3, -0.25) is 0 Å². The largest absolute Gasteiger partial charge is 0.106 e. The molecule has 0 nitrogen and oxygen atoms in total. The van der Waals surface area contributed by atoms with Gasteiger partial charge < -0.3 is 0 Å². The average Bonchev–Trinajstić information content (AvgIpc) is 1.50. The lowest BCUT2D eigenvalue weighted by molar-refractivity contribution is 1.50. The summed E-state index contributed by atoms with van der Waals surface area (Å²) in [5, 5.41) is 0. The van der Waals surface area contributed by atoms with Gasteiger partial charge >= 0.3 is 0 Å². The van der Waals surface area contributed by atoms with Crippen molar-refractivity contribution in [1.29, 1.82) is 0 Å². The lowest BCUT2D eigenvalue weighted by Crippen LogP contribution is -0.856. The summed E-state index contributed by atoms with van der Waals surface area (Å²) in [4.78, 5) is 0. The van der Waals surface area contributed by atoms with Gasteiger partial charge in [-0.2, -0.15) is 0 Å². The molecule has 0 saturated carbocycles. The van der Waals surface area contributed by atoms with Crippen molar-refractivity contribution in [3.05, 3.63) is 13.2 Å². The summed E-state index contributed by atoms with van der Waals surface area (Å²) in [6, 6.07) is 0. The van der Waals surface area contributed by atoms with Crippen molar-refractivity contribution >= 4 is 0 Å². The van der Waals surface area contributed by atoms with Crippen molar-refractivity contribution in [3.8, 4) is 0 Å². The minimum atomic E-state index is 2.00. The lowest BCUT2D eigenvalue weighted by Gasteiger charge is -1.07. The topological polar surface area (TPSA) is 0 Å². The highest BCUT2D eigenvalue weighted by atomic mass is 13.0. The molecule has 0 aliphatic heterocycles. The van der Waals surface area contributed by atoms with Crippen molar-refractivity contribution in [3.63, 3.8) is 0 Å². The Morgan fingerprint density at radius 3 is 1.00 bits per heavy atom. The molecular weight excluding hydrogens is 48.0 g/mol. The molecule has 0 N–H and O–H groups in total. The van der Waals surface area contributed by atoms with Crippen LogP contribution in [0, 0.1) is 0 Å². The molecule has 0 amide bonds. The Morgan fingerprint density at radius 2 is 1.00 bits per heavy atom. The van der Waals surface area contributed by atoms with Crippen LogP contribution >= 0.6 is 0 Å². The van der Waals surface area contributed by atoms with E-state index in [4.69, 9.17) is 0 Å². The van der Waals surface area contributed by atoms with Crippen LogP contribution in [0.4, 0.5) is 0 Å². The van der Waals surface area contributed by atoms with Crippen molar-refractivity contribution in [2.24, 2.45) is 0 Å². The molecule has 0 unspecified atom stereocenters. The van der Waals surface area contributed by atoms with Crippen LogP contribution in [0.5, 0.6) is 0 Å². The van der Waals surface area contributed by atoms with E-state index in [1.807, 2.05) is 13.8 Å². The Balaban J connectivity index is 0. The molecular formula is C4H10. The first-order chi connectivity index (χ1) is 2.00. The van der Waals surface area contributed by atoms with Crippen molar-refractivity contribution < 1.29 is 0 Å². The van der Waals surface area contributed by atoms with Gasteiger partial charge in [-0.25, -0.2) is 0 Å². The normalized spacial score (nSPS) is 2.50. The standard InChI is InChI=1S/C2H6.C2H4/c2*1-2/h1-2H3;1-2H2. The molecule has 0 fully saturated rings. The molecule has 0 rings (SSSR count). The predicted molar refractivity (Wildman–Crippen MR) is 22.6 cm³/mol. The fourth-order valence-electron chi connectivity index (χ4n) is 0. The average molecular weight is 58.1 g/mol. The second-order valence-corrected chi connectivity index (χ2v) is 0. The quantitative estimate of drug-likeness (QED) is 0.373. The van der Waals surface area contributed by atoms with E-state index >= 15 is 0 Å². The van der Waals surface area contributed by atoms with Gasteiger partial charge in [0.15, 0.2) is 0 Å². The molecule has 0 bridgehead atoms. The van der Waals surface area contributed by atoms with Gasteiger partial charge in [0.2, 0.25) is 0 Å². The number of hydrogen-bond acceptors (Lipinski definition) is 0. The zero-order valence-electron chi connectivity index (χ0n) is 3.41. The van der Waals surface area contributed by atoms with Gasteiger partial charge in [-0.15, -0.1) is 13.2 Å². The molecule has 0 aliphatic rings. The smallest absolute Gasteiger partial charge is 0.0683 e. The first kappa shape index (κ1) is 9.27. The van der Waals surface area contributed by atoms with Crippen LogP contribution in [0.1, 0.15) is 13.8 Å². The Hall–Kier alpha value is -0.260. The highest BCUT2D eigenvalue weighted by molar-refractivity contribution is 4.22. The first-order valence-electron chi connectivity index (χ1n) is 1.50. The third kappa shape index (κ3) is 14.1. The molecule has 0 aromatic carbocycles. The Labute approximate surface area is 28.2 Å². The summed E-state index contributed by atoms with van der Waals surface area (Å²) < 4.78 is 0. The molecule has 0 aliphatic carbocycles. The summed E-state index contributed by atoms with van der Waals surface area (Å²) in [5.41, 5.74) is 0. The molecule has 0 saturated heterocycles. The molecule has 26 valence electrons. The summed E-state index contributed by atoms with van der Waals surface area (Å²) >= 11 is 0. The van der Waals surface area contributed by atoms with Crippen LogP contribution in [0.15, 0.2) is 13.2 Å². The summed E-state index contributed by atoms with van der Waals surface area (Å²) in [6.07, 6.45) is 0. The number of hydrogen-bond donors (Lipinski definition) is 0. The Morgan fingerprint density at radius 1 is 1.00 bits per heavy atom. The van der Waals surface area contributed by atoms with Crippen molar-refractivity contribution in [2.75, 3.05) is 0 Å². The van der Waals surface area contributed by atoms with Crippen molar-refractivity contribution in [1.82, 2.24) is 0 Å². The molecule has 0 heteroatoms. The second kappa shape index (κ2) is 123. The van der Waals surface area contributed by atoms with E-state index in [0.717, 1.165) is 0 Å². The summed E-state index contributed by atoms with van der Waals surface area (Å²) in [6.45, 7) is 10.0. The van der Waals surface area contributed by atoms with Crippen LogP contribution < -0.4 is 0 Å². The minimum absolute atomic E-state index is 2.00. The predicted octanol–water partition coefficient (Wildman–Crippen LogP) is 1.83. The second-order valence-electron chi connectivity index (χ2n) is 0. The van der Waals surface area contributed by atoms with Gasteiger partial charge in [-0.05, 0) is 0 Å². The highest BCUT2D eigenvalue weighted by Gasteiger charge is 0.932. The van der Waals surface area contributed by atoms with Gasteiger partial charge in [0, 0.05) is 0 Å². The van der Waals surface area contributed by atoms with Gasteiger partial charge in [0.05, 0.1) is 0 Å². The fourth-order valence-corrected chi connectivity index (χ4v) is 0. The Kier molecular flexibility index (Phi) is 285. The van der Waals surface area contributed by atoms with Crippen LogP contribution in [0.2, 0.25) is 0 Å². The van der Waals surface area contributed by atoms with E-state index in [9.17, 15) is 0 Å². The zero-order valence-corrected chi connectivity index (χ0v) is 3.41. The van der Waals surface area contributed by atoms with Gasteiger partial charge in [-0.1, -0.05) is 13.8 Å². The molecule has 4 heavy (non-hydrogen) atoms. The monoisotopic (exact) mass is 58.1 g/mol. The van der Waals surface area contributed by atoms with E-state index in [-0.39, 0.29) is 0 Å². The van der Waals surface area contributed by atoms with Crippen LogP contribution in [0.3, 0.4) is 0 Å². The van der Waals surface area contributed by atoms with E-state index in [0.29, 0.717) is 0 Å². The van der Waals surface area contributed by atoms with Gasteiger partial charge in [0.1, 0.15) is 0 Å². The van der Waals surface area contributed by atoms with E-state index < -0.39 is 0 Å². The van der Waals surface area contributed by atoms with E-state index in [2.05, 4.69) is 13.2 Å². The minimum Gasteiger partial charge on any atom is -0.106 e. The Bertz CT molecular complexity index is 0. The molecule has 0 aromatic rings. The molecule has 0 radical (unpaired) electrons. The molecule has 0 heterocycles. The maximum absolute atomic E-state index is 3.00.